The molecule has 1 saturated heterocycles. The van der Waals surface area contributed by atoms with Crippen LogP contribution in [0.5, 0.6) is 0 Å². The minimum absolute atomic E-state index is 0.844. The number of rotatable bonds is 5. The number of aromatic nitrogens is 2. The van der Waals surface area contributed by atoms with E-state index in [9.17, 15) is 0 Å². The summed E-state index contributed by atoms with van der Waals surface area (Å²) in [5.41, 5.74) is 0. The van der Waals surface area contributed by atoms with Crippen molar-refractivity contribution >= 4 is 5.95 Å². The van der Waals surface area contributed by atoms with E-state index in [4.69, 9.17) is 0 Å². The third-order valence-electron chi connectivity index (χ3n) is 3.61. The van der Waals surface area contributed by atoms with Gasteiger partial charge in [0.05, 0.1) is 0 Å². The number of hydrogen-bond acceptors (Lipinski definition) is 3. The van der Waals surface area contributed by atoms with Gasteiger partial charge >= 0.3 is 0 Å². The van der Waals surface area contributed by atoms with Gasteiger partial charge in [-0.1, -0.05) is 6.92 Å². The maximum atomic E-state index is 4.47. The standard InChI is InChI=1S/C13H24N4/c1-3-14-11-12-5-8-17(9-6-12)13-15-7-10-16(13)4-2/h7,10,12,14H,3-6,8-9,11H2,1-2H3. The van der Waals surface area contributed by atoms with Gasteiger partial charge in [-0.25, -0.2) is 4.98 Å². The van der Waals surface area contributed by atoms with Crippen LogP contribution in [0.15, 0.2) is 12.4 Å². The second-order valence-corrected chi connectivity index (χ2v) is 4.75. The molecule has 1 aliphatic rings. The van der Waals surface area contributed by atoms with Crippen molar-refractivity contribution in [3.8, 4) is 0 Å². The zero-order chi connectivity index (χ0) is 12.1. The van der Waals surface area contributed by atoms with Gasteiger partial charge in [0, 0.05) is 32.0 Å². The van der Waals surface area contributed by atoms with Crippen molar-refractivity contribution in [3.63, 3.8) is 0 Å². The van der Waals surface area contributed by atoms with E-state index in [0.29, 0.717) is 0 Å². The van der Waals surface area contributed by atoms with Gasteiger partial charge in [0.25, 0.3) is 0 Å². The van der Waals surface area contributed by atoms with Crippen LogP contribution in [0.4, 0.5) is 5.95 Å². The molecule has 0 bridgehead atoms. The second kappa shape index (κ2) is 6.05. The summed E-state index contributed by atoms with van der Waals surface area (Å²) in [6, 6.07) is 0. The number of nitrogens with zero attached hydrogens (tertiary/aromatic N) is 3. The molecule has 1 N–H and O–H groups in total. The lowest BCUT2D eigenvalue weighted by molar-refractivity contribution is 0.382. The first-order valence-electron chi connectivity index (χ1n) is 6.82. The Balaban J connectivity index is 1.86. The van der Waals surface area contributed by atoms with Gasteiger partial charge in [-0.05, 0) is 38.8 Å². The van der Waals surface area contributed by atoms with E-state index in [1.165, 1.54) is 19.4 Å². The van der Waals surface area contributed by atoms with E-state index < -0.39 is 0 Å². The fourth-order valence-electron chi connectivity index (χ4n) is 2.52. The SMILES string of the molecule is CCNCC1CCN(c2nccn2CC)CC1. The van der Waals surface area contributed by atoms with Crippen LogP contribution < -0.4 is 10.2 Å². The predicted octanol–water partition coefficient (Wildman–Crippen LogP) is 1.73. The third-order valence-corrected chi connectivity index (χ3v) is 3.61. The Bertz CT molecular complexity index is 326. The molecular formula is C13H24N4. The number of aryl methyl sites for hydroxylation is 1. The number of imidazole rings is 1. The molecule has 0 amide bonds. The first-order valence-corrected chi connectivity index (χ1v) is 6.82. The van der Waals surface area contributed by atoms with Crippen LogP contribution >= 0.6 is 0 Å². The summed E-state index contributed by atoms with van der Waals surface area (Å²) in [6.07, 6.45) is 6.54. The molecule has 1 fully saturated rings. The van der Waals surface area contributed by atoms with Crippen molar-refractivity contribution in [1.82, 2.24) is 14.9 Å². The predicted molar refractivity (Wildman–Crippen MR) is 71.4 cm³/mol. The zero-order valence-electron chi connectivity index (χ0n) is 11.0. The average Bonchev–Trinajstić information content (AvgIpc) is 2.85. The summed E-state index contributed by atoms with van der Waals surface area (Å²) in [5, 5.41) is 3.45. The highest BCUT2D eigenvalue weighted by molar-refractivity contribution is 5.31. The lowest BCUT2D eigenvalue weighted by Crippen LogP contribution is -2.38. The first kappa shape index (κ1) is 12.4. The Morgan fingerprint density at radius 1 is 1.35 bits per heavy atom. The van der Waals surface area contributed by atoms with Gasteiger partial charge in [-0.15, -0.1) is 0 Å². The van der Waals surface area contributed by atoms with Crippen molar-refractivity contribution in [3.05, 3.63) is 12.4 Å². The van der Waals surface area contributed by atoms with Gasteiger partial charge in [0.15, 0.2) is 0 Å². The van der Waals surface area contributed by atoms with E-state index in [1.54, 1.807) is 0 Å². The summed E-state index contributed by atoms with van der Waals surface area (Å²) in [7, 11) is 0. The Labute approximate surface area is 104 Å². The van der Waals surface area contributed by atoms with E-state index in [-0.39, 0.29) is 0 Å². The highest BCUT2D eigenvalue weighted by Crippen LogP contribution is 2.21. The van der Waals surface area contributed by atoms with Crippen LogP contribution in [0.3, 0.4) is 0 Å². The van der Waals surface area contributed by atoms with Crippen molar-refractivity contribution in [1.29, 1.82) is 0 Å². The molecule has 2 rings (SSSR count). The molecule has 0 saturated carbocycles. The van der Waals surface area contributed by atoms with Gasteiger partial charge in [-0.2, -0.15) is 0 Å². The van der Waals surface area contributed by atoms with Crippen molar-refractivity contribution in [2.75, 3.05) is 31.1 Å². The molecule has 2 heterocycles. The molecule has 4 nitrogen and oxygen atoms in total. The molecule has 1 aromatic rings. The second-order valence-electron chi connectivity index (χ2n) is 4.75. The summed E-state index contributed by atoms with van der Waals surface area (Å²) in [5.74, 6) is 1.99. The topological polar surface area (TPSA) is 33.1 Å². The molecule has 0 atom stereocenters. The monoisotopic (exact) mass is 236 g/mol. The number of piperidine rings is 1. The lowest BCUT2D eigenvalue weighted by atomic mass is 9.97. The fraction of sp³-hybridized carbons (Fsp3) is 0.769. The molecule has 0 radical (unpaired) electrons. The van der Waals surface area contributed by atoms with Crippen LogP contribution in [-0.4, -0.2) is 35.7 Å². The van der Waals surface area contributed by atoms with E-state index in [1.807, 2.05) is 6.20 Å². The fourth-order valence-corrected chi connectivity index (χ4v) is 2.52. The molecule has 0 unspecified atom stereocenters. The molecular weight excluding hydrogens is 212 g/mol. The highest BCUT2D eigenvalue weighted by atomic mass is 15.3. The van der Waals surface area contributed by atoms with Gasteiger partial charge in [-0.3, -0.25) is 0 Å². The van der Waals surface area contributed by atoms with Gasteiger partial charge in [0.2, 0.25) is 5.95 Å². The summed E-state index contributed by atoms with van der Waals surface area (Å²) < 4.78 is 2.23. The molecule has 0 spiro atoms. The van der Waals surface area contributed by atoms with Gasteiger partial charge in [0.1, 0.15) is 0 Å². The molecule has 0 aliphatic carbocycles. The molecule has 17 heavy (non-hydrogen) atoms. The summed E-state index contributed by atoms with van der Waals surface area (Å²) in [6.45, 7) is 9.90. The molecule has 1 aromatic heterocycles. The summed E-state index contributed by atoms with van der Waals surface area (Å²) in [4.78, 5) is 6.89. The van der Waals surface area contributed by atoms with Crippen LogP contribution in [0.2, 0.25) is 0 Å². The highest BCUT2D eigenvalue weighted by Gasteiger charge is 2.21. The third kappa shape index (κ3) is 3.00. The number of anilines is 1. The normalized spacial score (nSPS) is 17.6. The van der Waals surface area contributed by atoms with Crippen LogP contribution in [0, 0.1) is 5.92 Å². The Morgan fingerprint density at radius 2 is 2.12 bits per heavy atom. The van der Waals surface area contributed by atoms with Crippen molar-refractivity contribution in [2.45, 2.75) is 33.2 Å². The van der Waals surface area contributed by atoms with E-state index >= 15 is 0 Å². The average molecular weight is 236 g/mol. The van der Waals surface area contributed by atoms with Crippen molar-refractivity contribution in [2.24, 2.45) is 5.92 Å². The maximum Gasteiger partial charge on any atom is 0.205 e. The molecule has 4 heteroatoms. The van der Waals surface area contributed by atoms with Crippen LogP contribution in [0.25, 0.3) is 0 Å². The molecule has 96 valence electrons. The molecule has 1 aliphatic heterocycles. The smallest absolute Gasteiger partial charge is 0.205 e. The Hall–Kier alpha value is -1.03. The zero-order valence-corrected chi connectivity index (χ0v) is 11.0. The van der Waals surface area contributed by atoms with Crippen molar-refractivity contribution < 1.29 is 0 Å². The number of nitrogens with one attached hydrogen (secondary N) is 1. The first-order chi connectivity index (χ1) is 8.35. The maximum absolute atomic E-state index is 4.47. The number of hydrogen-bond donors (Lipinski definition) is 1. The Morgan fingerprint density at radius 3 is 2.76 bits per heavy atom. The quantitative estimate of drug-likeness (QED) is 0.845. The minimum atomic E-state index is 0.844. The van der Waals surface area contributed by atoms with E-state index in [0.717, 1.165) is 38.0 Å². The van der Waals surface area contributed by atoms with Crippen LogP contribution in [0.1, 0.15) is 26.7 Å². The lowest BCUT2D eigenvalue weighted by Gasteiger charge is -2.33. The Kier molecular flexibility index (Phi) is 4.42. The van der Waals surface area contributed by atoms with Crippen LogP contribution in [-0.2, 0) is 6.54 Å². The van der Waals surface area contributed by atoms with Gasteiger partial charge < -0.3 is 14.8 Å². The van der Waals surface area contributed by atoms with E-state index in [2.05, 4.69) is 39.8 Å². The molecule has 0 aromatic carbocycles. The minimum Gasteiger partial charge on any atom is -0.342 e. The summed E-state index contributed by atoms with van der Waals surface area (Å²) >= 11 is 0. The largest absolute Gasteiger partial charge is 0.342 e.